The van der Waals surface area contributed by atoms with Crippen molar-refractivity contribution in [2.24, 2.45) is 16.5 Å². The van der Waals surface area contributed by atoms with Gasteiger partial charge in [0.25, 0.3) is 0 Å². The molecule has 2 rings (SSSR count). The van der Waals surface area contributed by atoms with Gasteiger partial charge in [0.1, 0.15) is 11.6 Å². The summed E-state index contributed by atoms with van der Waals surface area (Å²) in [4.78, 5) is 3.87. The molecule has 5 heteroatoms. The van der Waals surface area contributed by atoms with Crippen LogP contribution in [-0.2, 0) is 0 Å². The minimum atomic E-state index is -0.534. The molecule has 4 N–H and O–H groups in total. The lowest BCUT2D eigenvalue weighted by Crippen LogP contribution is -2.23. The van der Waals surface area contributed by atoms with E-state index in [1.165, 1.54) is 18.2 Å². The third-order valence-corrected chi connectivity index (χ3v) is 2.44. The molecule has 1 aromatic rings. The topological polar surface area (TPSA) is 64.4 Å². The quantitative estimate of drug-likeness (QED) is 0.568. The molecule has 0 aromatic heterocycles. The van der Waals surface area contributed by atoms with Crippen LogP contribution in [0.25, 0.3) is 0 Å². The Balaban J connectivity index is 2.23. The van der Waals surface area contributed by atoms with Crippen molar-refractivity contribution in [1.29, 1.82) is 0 Å². The first-order chi connectivity index (χ1) is 7.09. The number of hydrogen-bond acceptors (Lipinski definition) is 1. The Bertz CT molecular complexity index is 393. The number of benzene rings is 1. The van der Waals surface area contributed by atoms with E-state index in [4.69, 9.17) is 11.5 Å². The zero-order valence-electron chi connectivity index (χ0n) is 7.95. The first-order valence-corrected chi connectivity index (χ1v) is 4.62. The molecular formula is C10H11F2N3. The maximum atomic E-state index is 13.3. The maximum Gasteiger partial charge on any atom is 0.186 e. The Labute approximate surface area is 85.8 Å². The minimum Gasteiger partial charge on any atom is -0.370 e. The van der Waals surface area contributed by atoms with Crippen LogP contribution in [0.2, 0.25) is 0 Å². The summed E-state index contributed by atoms with van der Waals surface area (Å²) in [7, 11) is 0. The van der Waals surface area contributed by atoms with Gasteiger partial charge >= 0.3 is 0 Å². The molecule has 0 spiro atoms. The predicted octanol–water partition coefficient (Wildman–Crippen LogP) is 1.09. The number of rotatable bonds is 2. The van der Waals surface area contributed by atoms with Gasteiger partial charge in [-0.3, -0.25) is 0 Å². The van der Waals surface area contributed by atoms with Crippen molar-refractivity contribution in [2.75, 3.05) is 0 Å². The molecule has 2 atom stereocenters. The highest BCUT2D eigenvalue weighted by Crippen LogP contribution is 2.45. The van der Waals surface area contributed by atoms with E-state index in [1.54, 1.807) is 0 Å². The summed E-state index contributed by atoms with van der Waals surface area (Å²) in [5.41, 5.74) is 10.5. The standard InChI is InChI=1S/C10H11F2N3/c11-6-2-1-3-7(12)9(6)5-4-8(5)15-10(13)14/h1-3,5,8H,4H2,(H4,13,14,15)/t5-,8-/m1/s1. The first-order valence-electron chi connectivity index (χ1n) is 4.62. The van der Waals surface area contributed by atoms with Gasteiger partial charge in [0.05, 0.1) is 6.04 Å². The smallest absolute Gasteiger partial charge is 0.186 e. The molecule has 0 radical (unpaired) electrons. The van der Waals surface area contributed by atoms with Crippen molar-refractivity contribution in [3.05, 3.63) is 35.4 Å². The van der Waals surface area contributed by atoms with Crippen LogP contribution in [0, 0.1) is 11.6 Å². The zero-order chi connectivity index (χ0) is 11.0. The summed E-state index contributed by atoms with van der Waals surface area (Å²) in [6, 6.07) is 3.64. The second kappa shape index (κ2) is 3.49. The Kier molecular flexibility index (Phi) is 2.30. The molecule has 1 aliphatic carbocycles. The zero-order valence-corrected chi connectivity index (χ0v) is 7.95. The van der Waals surface area contributed by atoms with Gasteiger partial charge in [0, 0.05) is 11.5 Å². The van der Waals surface area contributed by atoms with E-state index < -0.39 is 11.6 Å². The van der Waals surface area contributed by atoms with Crippen molar-refractivity contribution < 1.29 is 8.78 Å². The van der Waals surface area contributed by atoms with Gasteiger partial charge in [0.2, 0.25) is 0 Å². The number of halogens is 2. The number of hydrogen-bond donors (Lipinski definition) is 2. The molecule has 1 fully saturated rings. The molecule has 0 aliphatic heterocycles. The monoisotopic (exact) mass is 211 g/mol. The molecule has 0 heterocycles. The fourth-order valence-electron chi connectivity index (χ4n) is 1.69. The molecule has 1 aromatic carbocycles. The van der Waals surface area contributed by atoms with Crippen LogP contribution < -0.4 is 11.5 Å². The SMILES string of the molecule is NC(N)=N[C@@H]1C[C@H]1c1c(F)cccc1F. The van der Waals surface area contributed by atoms with Gasteiger partial charge in [-0.15, -0.1) is 0 Å². The van der Waals surface area contributed by atoms with Crippen LogP contribution in [0.1, 0.15) is 17.9 Å². The Morgan fingerprint density at radius 3 is 2.40 bits per heavy atom. The summed E-state index contributed by atoms with van der Waals surface area (Å²) in [5.74, 6) is -1.34. The average molecular weight is 211 g/mol. The fourth-order valence-corrected chi connectivity index (χ4v) is 1.69. The van der Waals surface area contributed by atoms with E-state index in [-0.39, 0.29) is 23.5 Å². The summed E-state index contributed by atoms with van der Waals surface area (Å²) in [6.45, 7) is 0. The number of aliphatic imine (C=N–C) groups is 1. The van der Waals surface area contributed by atoms with E-state index in [0.717, 1.165) is 0 Å². The van der Waals surface area contributed by atoms with E-state index in [9.17, 15) is 8.78 Å². The molecule has 80 valence electrons. The van der Waals surface area contributed by atoms with Gasteiger partial charge in [-0.1, -0.05) is 6.07 Å². The second-order valence-corrected chi connectivity index (χ2v) is 3.60. The molecule has 0 saturated heterocycles. The molecule has 0 unspecified atom stereocenters. The lowest BCUT2D eigenvalue weighted by atomic mass is 10.1. The lowest BCUT2D eigenvalue weighted by molar-refractivity contribution is 0.555. The van der Waals surface area contributed by atoms with Crippen molar-refractivity contribution in [2.45, 2.75) is 18.4 Å². The van der Waals surface area contributed by atoms with Crippen LogP contribution in [0.15, 0.2) is 23.2 Å². The summed E-state index contributed by atoms with van der Waals surface area (Å²) in [6.07, 6.45) is 0.593. The van der Waals surface area contributed by atoms with Gasteiger partial charge in [-0.25, -0.2) is 13.8 Å². The molecular weight excluding hydrogens is 200 g/mol. The Morgan fingerprint density at radius 1 is 1.27 bits per heavy atom. The van der Waals surface area contributed by atoms with E-state index in [2.05, 4.69) is 4.99 Å². The first kappa shape index (κ1) is 9.89. The highest BCUT2D eigenvalue weighted by molar-refractivity contribution is 5.76. The average Bonchev–Trinajstić information content (AvgIpc) is 2.82. The fraction of sp³-hybridized carbons (Fsp3) is 0.300. The molecule has 15 heavy (non-hydrogen) atoms. The highest BCUT2D eigenvalue weighted by Gasteiger charge is 2.41. The van der Waals surface area contributed by atoms with Gasteiger partial charge in [0.15, 0.2) is 5.96 Å². The van der Waals surface area contributed by atoms with Crippen molar-refractivity contribution >= 4 is 5.96 Å². The van der Waals surface area contributed by atoms with E-state index in [0.29, 0.717) is 6.42 Å². The third-order valence-electron chi connectivity index (χ3n) is 2.44. The van der Waals surface area contributed by atoms with Gasteiger partial charge in [-0.05, 0) is 18.6 Å². The second-order valence-electron chi connectivity index (χ2n) is 3.60. The van der Waals surface area contributed by atoms with Crippen molar-refractivity contribution in [3.8, 4) is 0 Å². The highest BCUT2D eigenvalue weighted by atomic mass is 19.1. The summed E-state index contributed by atoms with van der Waals surface area (Å²) < 4.78 is 26.6. The molecule has 1 saturated carbocycles. The van der Waals surface area contributed by atoms with Gasteiger partial charge in [-0.2, -0.15) is 0 Å². The van der Waals surface area contributed by atoms with Crippen LogP contribution in [0.4, 0.5) is 8.78 Å². The summed E-state index contributed by atoms with van der Waals surface area (Å²) in [5, 5.41) is 0. The van der Waals surface area contributed by atoms with Crippen molar-refractivity contribution in [1.82, 2.24) is 0 Å². The minimum absolute atomic E-state index is 0.0424. The maximum absolute atomic E-state index is 13.3. The van der Waals surface area contributed by atoms with Crippen molar-refractivity contribution in [3.63, 3.8) is 0 Å². The van der Waals surface area contributed by atoms with Gasteiger partial charge < -0.3 is 11.5 Å². The Morgan fingerprint density at radius 2 is 1.87 bits per heavy atom. The summed E-state index contributed by atoms with van der Waals surface area (Å²) >= 11 is 0. The van der Waals surface area contributed by atoms with E-state index >= 15 is 0 Å². The van der Waals surface area contributed by atoms with Crippen LogP contribution >= 0.6 is 0 Å². The van der Waals surface area contributed by atoms with Crippen LogP contribution in [0.5, 0.6) is 0 Å². The number of guanidine groups is 1. The molecule has 0 amide bonds. The molecule has 3 nitrogen and oxygen atoms in total. The Hall–Kier alpha value is -1.65. The number of nitrogens with zero attached hydrogens (tertiary/aromatic N) is 1. The van der Waals surface area contributed by atoms with Crippen LogP contribution in [0.3, 0.4) is 0 Å². The number of nitrogens with two attached hydrogens (primary N) is 2. The molecule has 0 bridgehead atoms. The third kappa shape index (κ3) is 1.91. The largest absolute Gasteiger partial charge is 0.370 e. The normalized spacial score (nSPS) is 23.6. The van der Waals surface area contributed by atoms with E-state index in [1.807, 2.05) is 0 Å². The van der Waals surface area contributed by atoms with Crippen LogP contribution in [-0.4, -0.2) is 12.0 Å². The lowest BCUT2D eigenvalue weighted by Gasteiger charge is -2.02. The predicted molar refractivity (Wildman–Crippen MR) is 53.3 cm³/mol. The molecule has 1 aliphatic rings.